The Morgan fingerprint density at radius 1 is 1.35 bits per heavy atom. The van der Waals surface area contributed by atoms with Crippen molar-refractivity contribution in [2.24, 2.45) is 0 Å². The molecule has 0 amide bonds. The van der Waals surface area contributed by atoms with Crippen molar-refractivity contribution in [2.45, 2.75) is 44.2 Å². The monoisotopic (exact) mass is 297 g/mol. The Balaban J connectivity index is 1.80. The molecule has 1 fully saturated rings. The molecule has 0 spiro atoms. The lowest BCUT2D eigenvalue weighted by Gasteiger charge is -2.38. The summed E-state index contributed by atoms with van der Waals surface area (Å²) in [7, 11) is 0. The standard InChI is InChI=1S/C14H20BrNO/c1-2-13(9-17)16-14-7-11(8-14)10-3-5-12(15)6-4-10/h3-6,11,13-14,16-17H,2,7-9H2,1H3/t11?,13-,14?/m1/s1. The molecule has 2 nitrogen and oxygen atoms in total. The van der Waals surface area contributed by atoms with Crippen LogP contribution in [0.15, 0.2) is 28.7 Å². The third kappa shape index (κ3) is 3.30. The zero-order chi connectivity index (χ0) is 12.3. The van der Waals surface area contributed by atoms with Gasteiger partial charge in [0.2, 0.25) is 0 Å². The molecule has 0 radical (unpaired) electrons. The van der Waals surface area contributed by atoms with Crippen LogP contribution in [0.25, 0.3) is 0 Å². The third-order valence-corrected chi connectivity index (χ3v) is 4.19. The van der Waals surface area contributed by atoms with Gasteiger partial charge in [0.15, 0.2) is 0 Å². The van der Waals surface area contributed by atoms with Crippen LogP contribution in [0.2, 0.25) is 0 Å². The molecule has 0 bridgehead atoms. The van der Waals surface area contributed by atoms with E-state index in [1.807, 2.05) is 0 Å². The van der Waals surface area contributed by atoms with E-state index in [-0.39, 0.29) is 12.6 Å². The van der Waals surface area contributed by atoms with Crippen molar-refractivity contribution >= 4 is 15.9 Å². The van der Waals surface area contributed by atoms with Gasteiger partial charge in [0.1, 0.15) is 0 Å². The molecule has 0 aliphatic heterocycles. The highest BCUT2D eigenvalue weighted by Crippen LogP contribution is 2.37. The quantitative estimate of drug-likeness (QED) is 0.875. The SMILES string of the molecule is CC[C@H](CO)NC1CC(c2ccc(Br)cc2)C1. The Morgan fingerprint density at radius 2 is 2.00 bits per heavy atom. The van der Waals surface area contributed by atoms with Crippen LogP contribution in [0, 0.1) is 0 Å². The first-order chi connectivity index (χ1) is 8.22. The molecule has 3 heteroatoms. The van der Waals surface area contributed by atoms with E-state index in [0.717, 1.165) is 10.9 Å². The molecule has 94 valence electrons. The van der Waals surface area contributed by atoms with Crippen molar-refractivity contribution in [2.75, 3.05) is 6.61 Å². The average Bonchev–Trinajstić information content (AvgIpc) is 2.30. The maximum Gasteiger partial charge on any atom is 0.0584 e. The van der Waals surface area contributed by atoms with E-state index in [0.29, 0.717) is 12.0 Å². The zero-order valence-electron chi connectivity index (χ0n) is 10.2. The summed E-state index contributed by atoms with van der Waals surface area (Å²) < 4.78 is 1.14. The Hall–Kier alpha value is -0.380. The molecule has 1 aromatic rings. The second-order valence-electron chi connectivity index (χ2n) is 4.87. The summed E-state index contributed by atoms with van der Waals surface area (Å²) in [6, 6.07) is 9.48. The molecule has 1 aliphatic carbocycles. The first kappa shape index (κ1) is 13.1. The van der Waals surface area contributed by atoms with Crippen LogP contribution in [0.5, 0.6) is 0 Å². The van der Waals surface area contributed by atoms with E-state index < -0.39 is 0 Å². The lowest BCUT2D eigenvalue weighted by molar-refractivity contribution is 0.193. The minimum absolute atomic E-state index is 0.246. The van der Waals surface area contributed by atoms with E-state index in [2.05, 4.69) is 52.4 Å². The molecule has 0 unspecified atom stereocenters. The lowest BCUT2D eigenvalue weighted by atomic mass is 9.75. The minimum Gasteiger partial charge on any atom is -0.395 e. The largest absolute Gasteiger partial charge is 0.395 e. The summed E-state index contributed by atoms with van der Waals surface area (Å²) in [5.74, 6) is 0.691. The van der Waals surface area contributed by atoms with Crippen LogP contribution < -0.4 is 5.32 Å². The number of nitrogens with one attached hydrogen (secondary N) is 1. The van der Waals surface area contributed by atoms with Crippen molar-refractivity contribution < 1.29 is 5.11 Å². The maximum absolute atomic E-state index is 9.14. The van der Waals surface area contributed by atoms with Gasteiger partial charge in [0.25, 0.3) is 0 Å². The van der Waals surface area contributed by atoms with E-state index >= 15 is 0 Å². The van der Waals surface area contributed by atoms with Gasteiger partial charge in [-0.1, -0.05) is 35.0 Å². The highest BCUT2D eigenvalue weighted by atomic mass is 79.9. The number of rotatable bonds is 5. The van der Waals surface area contributed by atoms with E-state index in [9.17, 15) is 0 Å². The lowest BCUT2D eigenvalue weighted by Crippen LogP contribution is -2.46. The molecule has 17 heavy (non-hydrogen) atoms. The molecule has 0 heterocycles. The van der Waals surface area contributed by atoms with Crippen LogP contribution in [0.1, 0.15) is 37.7 Å². The molecule has 0 saturated heterocycles. The highest BCUT2D eigenvalue weighted by Gasteiger charge is 2.30. The van der Waals surface area contributed by atoms with E-state index in [1.165, 1.54) is 18.4 Å². The molecular formula is C14H20BrNO. The minimum atomic E-state index is 0.246. The fraction of sp³-hybridized carbons (Fsp3) is 0.571. The average molecular weight is 298 g/mol. The Kier molecular flexibility index (Phi) is 4.60. The number of hydrogen-bond donors (Lipinski definition) is 2. The molecular weight excluding hydrogens is 278 g/mol. The van der Waals surface area contributed by atoms with Gasteiger partial charge in [0.05, 0.1) is 6.61 Å². The molecule has 1 aromatic carbocycles. The van der Waals surface area contributed by atoms with Gasteiger partial charge in [-0.25, -0.2) is 0 Å². The fourth-order valence-electron chi connectivity index (χ4n) is 2.39. The third-order valence-electron chi connectivity index (χ3n) is 3.66. The van der Waals surface area contributed by atoms with Gasteiger partial charge in [-0.15, -0.1) is 0 Å². The number of aliphatic hydroxyl groups excluding tert-OH is 1. The topological polar surface area (TPSA) is 32.3 Å². The molecule has 2 rings (SSSR count). The van der Waals surface area contributed by atoms with Crippen LogP contribution >= 0.6 is 15.9 Å². The maximum atomic E-state index is 9.14. The number of hydrogen-bond acceptors (Lipinski definition) is 2. The molecule has 1 atom stereocenters. The van der Waals surface area contributed by atoms with E-state index in [4.69, 9.17) is 5.11 Å². The summed E-state index contributed by atoms with van der Waals surface area (Å²) >= 11 is 3.46. The molecule has 2 N–H and O–H groups in total. The van der Waals surface area contributed by atoms with Gasteiger partial charge in [0, 0.05) is 16.6 Å². The summed E-state index contributed by atoms with van der Waals surface area (Å²) in [4.78, 5) is 0. The summed E-state index contributed by atoms with van der Waals surface area (Å²) in [6.45, 7) is 2.36. The number of aliphatic hydroxyl groups is 1. The molecule has 1 saturated carbocycles. The number of halogens is 1. The zero-order valence-corrected chi connectivity index (χ0v) is 11.8. The summed E-state index contributed by atoms with van der Waals surface area (Å²) in [5.41, 5.74) is 1.43. The van der Waals surface area contributed by atoms with Gasteiger partial charge >= 0.3 is 0 Å². The van der Waals surface area contributed by atoms with Crippen molar-refractivity contribution in [3.05, 3.63) is 34.3 Å². The van der Waals surface area contributed by atoms with Crippen molar-refractivity contribution in [3.8, 4) is 0 Å². The van der Waals surface area contributed by atoms with Crippen LogP contribution in [-0.2, 0) is 0 Å². The van der Waals surface area contributed by atoms with Gasteiger partial charge in [-0.3, -0.25) is 0 Å². The fourth-order valence-corrected chi connectivity index (χ4v) is 2.66. The van der Waals surface area contributed by atoms with Gasteiger partial charge in [-0.2, -0.15) is 0 Å². The Labute approximate surface area is 112 Å². The van der Waals surface area contributed by atoms with Crippen molar-refractivity contribution in [1.82, 2.24) is 5.32 Å². The molecule has 0 aromatic heterocycles. The smallest absolute Gasteiger partial charge is 0.0584 e. The normalized spacial score (nSPS) is 25.4. The second-order valence-corrected chi connectivity index (χ2v) is 5.79. The number of benzene rings is 1. The first-order valence-corrected chi connectivity index (χ1v) is 7.14. The predicted molar refractivity (Wildman–Crippen MR) is 74.2 cm³/mol. The van der Waals surface area contributed by atoms with Gasteiger partial charge in [-0.05, 0) is 42.9 Å². The highest BCUT2D eigenvalue weighted by molar-refractivity contribution is 9.10. The van der Waals surface area contributed by atoms with Crippen LogP contribution in [-0.4, -0.2) is 23.8 Å². The summed E-state index contributed by atoms with van der Waals surface area (Å²) in [5, 5.41) is 12.6. The Morgan fingerprint density at radius 3 is 2.53 bits per heavy atom. The van der Waals surface area contributed by atoms with Gasteiger partial charge < -0.3 is 10.4 Å². The van der Waals surface area contributed by atoms with E-state index in [1.54, 1.807) is 0 Å². The van der Waals surface area contributed by atoms with Crippen molar-refractivity contribution in [3.63, 3.8) is 0 Å². The molecule has 1 aliphatic rings. The second kappa shape index (κ2) is 5.98. The first-order valence-electron chi connectivity index (χ1n) is 6.35. The van der Waals surface area contributed by atoms with Crippen LogP contribution in [0.4, 0.5) is 0 Å². The predicted octanol–water partition coefficient (Wildman–Crippen LogP) is 3.06. The summed E-state index contributed by atoms with van der Waals surface area (Å²) in [6.07, 6.45) is 3.38. The van der Waals surface area contributed by atoms with Crippen molar-refractivity contribution in [1.29, 1.82) is 0 Å². The Bertz CT molecular complexity index is 342. The van der Waals surface area contributed by atoms with Crippen LogP contribution in [0.3, 0.4) is 0 Å².